The summed E-state index contributed by atoms with van der Waals surface area (Å²) in [4.78, 5) is 4.60. The number of hydrogen-bond acceptors (Lipinski definition) is 3. The smallest absolute Gasteiger partial charge is 0.0959 e. The van der Waals surface area contributed by atoms with Crippen molar-refractivity contribution >= 4 is 11.3 Å². The Morgan fingerprint density at radius 1 is 1.62 bits per heavy atom. The average molecular weight is 196 g/mol. The topological polar surface area (TPSA) is 24.9 Å². The van der Waals surface area contributed by atoms with E-state index in [1.54, 1.807) is 0 Å². The predicted molar refractivity (Wildman–Crippen MR) is 56.1 cm³/mol. The van der Waals surface area contributed by atoms with Gasteiger partial charge < -0.3 is 5.32 Å². The Kier molecular flexibility index (Phi) is 2.96. The summed E-state index contributed by atoms with van der Waals surface area (Å²) in [7, 11) is 0. The van der Waals surface area contributed by atoms with Gasteiger partial charge in [-0.1, -0.05) is 6.92 Å². The van der Waals surface area contributed by atoms with Gasteiger partial charge in [-0.05, 0) is 25.8 Å². The van der Waals surface area contributed by atoms with Crippen LogP contribution in [0, 0.1) is 0 Å². The lowest BCUT2D eigenvalue weighted by Gasteiger charge is -1.97. The van der Waals surface area contributed by atoms with Gasteiger partial charge in [0.2, 0.25) is 0 Å². The number of aromatic nitrogens is 1. The van der Waals surface area contributed by atoms with Gasteiger partial charge in [0.25, 0.3) is 0 Å². The molecule has 0 atom stereocenters. The zero-order valence-corrected chi connectivity index (χ0v) is 8.86. The zero-order chi connectivity index (χ0) is 9.10. The van der Waals surface area contributed by atoms with Crippen LogP contribution in [0.3, 0.4) is 0 Å². The summed E-state index contributed by atoms with van der Waals surface area (Å²) in [6.45, 7) is 4.22. The standard InChI is InChI=1S/C10H16N2S/c1-2-5-11-6-9-7-13-10(12-9)8-3-4-8/h7-8,11H,2-6H2,1H3. The van der Waals surface area contributed by atoms with E-state index in [2.05, 4.69) is 22.6 Å². The molecule has 1 aliphatic carbocycles. The van der Waals surface area contributed by atoms with Gasteiger partial charge in [-0.2, -0.15) is 0 Å². The van der Waals surface area contributed by atoms with Crippen molar-refractivity contribution in [2.75, 3.05) is 6.54 Å². The van der Waals surface area contributed by atoms with Crippen molar-refractivity contribution in [2.24, 2.45) is 0 Å². The Morgan fingerprint density at radius 2 is 2.46 bits per heavy atom. The molecule has 1 N–H and O–H groups in total. The minimum Gasteiger partial charge on any atom is -0.311 e. The van der Waals surface area contributed by atoms with Gasteiger partial charge in [0, 0.05) is 17.8 Å². The van der Waals surface area contributed by atoms with Gasteiger partial charge in [-0.3, -0.25) is 0 Å². The van der Waals surface area contributed by atoms with Crippen LogP contribution >= 0.6 is 11.3 Å². The van der Waals surface area contributed by atoms with Crippen molar-refractivity contribution in [2.45, 2.75) is 38.6 Å². The first-order chi connectivity index (χ1) is 6.40. The van der Waals surface area contributed by atoms with Crippen molar-refractivity contribution in [3.8, 4) is 0 Å². The molecule has 0 amide bonds. The first-order valence-corrected chi connectivity index (χ1v) is 5.93. The molecular weight excluding hydrogens is 180 g/mol. The summed E-state index contributed by atoms with van der Waals surface area (Å²) < 4.78 is 0. The fourth-order valence-electron chi connectivity index (χ4n) is 1.31. The van der Waals surface area contributed by atoms with Gasteiger partial charge in [-0.25, -0.2) is 4.98 Å². The highest BCUT2D eigenvalue weighted by molar-refractivity contribution is 7.09. The van der Waals surface area contributed by atoms with Crippen molar-refractivity contribution < 1.29 is 0 Å². The summed E-state index contributed by atoms with van der Waals surface area (Å²) in [6, 6.07) is 0. The molecule has 13 heavy (non-hydrogen) atoms. The number of rotatable bonds is 5. The highest BCUT2D eigenvalue weighted by Gasteiger charge is 2.26. The van der Waals surface area contributed by atoms with Crippen molar-refractivity contribution in [3.63, 3.8) is 0 Å². The molecule has 72 valence electrons. The maximum atomic E-state index is 4.60. The summed E-state index contributed by atoms with van der Waals surface area (Å²) in [5, 5.41) is 6.91. The Morgan fingerprint density at radius 3 is 3.15 bits per heavy atom. The minimum atomic E-state index is 0.810. The third kappa shape index (κ3) is 2.51. The summed E-state index contributed by atoms with van der Waals surface area (Å²) in [5.74, 6) is 0.810. The van der Waals surface area contributed by atoms with E-state index in [1.165, 1.54) is 30.0 Å². The first kappa shape index (κ1) is 9.16. The molecule has 0 bridgehead atoms. The SMILES string of the molecule is CCCNCc1csc(C2CC2)n1. The third-order valence-corrected chi connectivity index (χ3v) is 3.29. The third-order valence-electron chi connectivity index (χ3n) is 2.23. The molecule has 1 aromatic rings. The molecule has 1 fully saturated rings. The predicted octanol–water partition coefficient (Wildman–Crippen LogP) is 2.52. The van der Waals surface area contributed by atoms with E-state index < -0.39 is 0 Å². The van der Waals surface area contributed by atoms with E-state index in [0.717, 1.165) is 19.0 Å². The molecule has 0 aliphatic heterocycles. The monoisotopic (exact) mass is 196 g/mol. The lowest BCUT2D eigenvalue weighted by Crippen LogP contribution is -2.13. The Balaban J connectivity index is 1.82. The summed E-state index contributed by atoms with van der Waals surface area (Å²) in [6.07, 6.45) is 3.91. The van der Waals surface area contributed by atoms with Crippen LogP contribution in [0.4, 0.5) is 0 Å². The second kappa shape index (κ2) is 4.20. The molecule has 0 radical (unpaired) electrons. The maximum absolute atomic E-state index is 4.60. The fourth-order valence-corrected chi connectivity index (χ4v) is 2.31. The number of nitrogens with one attached hydrogen (secondary N) is 1. The van der Waals surface area contributed by atoms with E-state index in [-0.39, 0.29) is 0 Å². The molecule has 0 unspecified atom stereocenters. The molecule has 0 spiro atoms. The first-order valence-electron chi connectivity index (χ1n) is 5.05. The quantitative estimate of drug-likeness (QED) is 0.732. The van der Waals surface area contributed by atoms with E-state index in [1.807, 2.05) is 11.3 Å². The molecule has 3 heteroatoms. The van der Waals surface area contributed by atoms with Crippen LogP contribution in [0.25, 0.3) is 0 Å². The molecule has 2 nitrogen and oxygen atoms in total. The lowest BCUT2D eigenvalue weighted by atomic mass is 10.4. The molecular formula is C10H16N2S. The molecule has 1 aromatic heterocycles. The van der Waals surface area contributed by atoms with Crippen LogP contribution in [0.2, 0.25) is 0 Å². The maximum Gasteiger partial charge on any atom is 0.0959 e. The van der Waals surface area contributed by atoms with Crippen molar-refractivity contribution in [1.29, 1.82) is 0 Å². The van der Waals surface area contributed by atoms with E-state index in [9.17, 15) is 0 Å². The van der Waals surface area contributed by atoms with Gasteiger partial charge in [0.05, 0.1) is 10.7 Å². The van der Waals surface area contributed by atoms with E-state index in [0.29, 0.717) is 0 Å². The number of hydrogen-bond donors (Lipinski definition) is 1. The van der Waals surface area contributed by atoms with Crippen molar-refractivity contribution in [1.82, 2.24) is 10.3 Å². The molecule has 0 saturated heterocycles. The highest BCUT2D eigenvalue weighted by Crippen LogP contribution is 2.41. The summed E-state index contributed by atoms with van der Waals surface area (Å²) in [5.41, 5.74) is 1.22. The minimum absolute atomic E-state index is 0.810. The van der Waals surface area contributed by atoms with Gasteiger partial charge in [-0.15, -0.1) is 11.3 Å². The normalized spacial score (nSPS) is 16.4. The average Bonchev–Trinajstić information content (AvgIpc) is 2.88. The van der Waals surface area contributed by atoms with Crippen molar-refractivity contribution in [3.05, 3.63) is 16.1 Å². The van der Waals surface area contributed by atoms with E-state index >= 15 is 0 Å². The van der Waals surface area contributed by atoms with Crippen LogP contribution < -0.4 is 5.32 Å². The zero-order valence-electron chi connectivity index (χ0n) is 8.05. The second-order valence-corrected chi connectivity index (χ2v) is 4.52. The van der Waals surface area contributed by atoms with E-state index in [4.69, 9.17) is 0 Å². The Hall–Kier alpha value is -0.410. The largest absolute Gasteiger partial charge is 0.311 e. The van der Waals surface area contributed by atoms with Gasteiger partial charge in [0.1, 0.15) is 0 Å². The number of thiazole rings is 1. The van der Waals surface area contributed by atoms with Crippen LogP contribution in [0.15, 0.2) is 5.38 Å². The molecule has 1 saturated carbocycles. The van der Waals surface area contributed by atoms with Crippen LogP contribution in [-0.2, 0) is 6.54 Å². The Bertz CT molecular complexity index is 266. The highest BCUT2D eigenvalue weighted by atomic mass is 32.1. The van der Waals surface area contributed by atoms with Gasteiger partial charge >= 0.3 is 0 Å². The lowest BCUT2D eigenvalue weighted by molar-refractivity contribution is 0.665. The van der Waals surface area contributed by atoms with Crippen LogP contribution in [-0.4, -0.2) is 11.5 Å². The second-order valence-electron chi connectivity index (χ2n) is 3.63. The molecule has 1 aliphatic rings. The van der Waals surface area contributed by atoms with Gasteiger partial charge in [0.15, 0.2) is 0 Å². The Labute approximate surface area is 83.4 Å². The molecule has 2 rings (SSSR count). The van der Waals surface area contributed by atoms with Crippen LogP contribution in [0.1, 0.15) is 42.8 Å². The summed E-state index contributed by atoms with van der Waals surface area (Å²) >= 11 is 1.83. The van der Waals surface area contributed by atoms with Crippen LogP contribution in [0.5, 0.6) is 0 Å². The number of nitrogens with zero attached hydrogens (tertiary/aromatic N) is 1. The molecule has 1 heterocycles. The fraction of sp³-hybridized carbons (Fsp3) is 0.700. The molecule has 0 aromatic carbocycles.